The molecule has 0 aliphatic heterocycles. The van der Waals surface area contributed by atoms with Crippen molar-refractivity contribution in [2.75, 3.05) is 4.72 Å². The van der Waals surface area contributed by atoms with Crippen LogP contribution in [0.3, 0.4) is 0 Å². The van der Waals surface area contributed by atoms with E-state index >= 15 is 0 Å². The molecule has 326 valence electrons. The molecule has 2 unspecified atom stereocenters. The number of sulfonamides is 1. The number of aromatic hydroxyl groups is 4. The van der Waals surface area contributed by atoms with E-state index in [0.29, 0.717) is 34.3 Å². The number of phenolic OH excluding ortho intramolecular Hbond substituents is 4. The number of para-hydroxylation sites is 1. The van der Waals surface area contributed by atoms with E-state index in [9.17, 15) is 37.3 Å². The number of hydrogen-bond acceptors (Lipinski definition) is 12. The van der Waals surface area contributed by atoms with Crippen LogP contribution in [-0.4, -0.2) is 37.3 Å². The van der Waals surface area contributed by atoms with E-state index in [0.717, 1.165) is 5.56 Å². The van der Waals surface area contributed by atoms with Crippen LogP contribution < -0.4 is 17.8 Å². The molecule has 5 N–H and O–H groups in total. The van der Waals surface area contributed by atoms with E-state index in [2.05, 4.69) is 9.57 Å². The maximum absolute atomic E-state index is 12.2. The Morgan fingerprint density at radius 2 is 1.22 bits per heavy atom. The molecule has 0 amide bonds. The van der Waals surface area contributed by atoms with Crippen molar-refractivity contribution in [1.29, 1.82) is 5.26 Å². The second-order valence-corrected chi connectivity index (χ2v) is 17.3. The largest absolute Gasteiger partial charge is 0.519 e. The van der Waals surface area contributed by atoms with E-state index < -0.39 is 32.2 Å². The molecule has 0 spiro atoms. The lowest BCUT2D eigenvalue weighted by Crippen LogP contribution is -2.12. The number of benzene rings is 7. The third-order valence-corrected chi connectivity index (χ3v) is 12.0. The maximum Gasteiger partial charge on any atom is 0.261 e. The Hall–Kier alpha value is -7.54. The number of nitrogens with zero attached hydrogens (tertiary/aromatic N) is 2. The van der Waals surface area contributed by atoms with E-state index in [4.69, 9.17) is 36.5 Å². The number of halogens is 1. The Kier molecular flexibility index (Phi) is 16.7. The first kappa shape index (κ1) is 47.5. The minimum atomic E-state index is -3.61. The van der Waals surface area contributed by atoms with Gasteiger partial charge in [-0.25, -0.2) is 21.7 Å². The molecule has 2 atom stereocenters. The van der Waals surface area contributed by atoms with Crippen molar-refractivity contribution in [1.82, 2.24) is 0 Å². The molecule has 7 aromatic carbocycles. The summed E-state index contributed by atoms with van der Waals surface area (Å²) in [6, 6.07) is 43.3. The van der Waals surface area contributed by atoms with Gasteiger partial charge in [0, 0.05) is 11.8 Å². The Labute approximate surface area is 379 Å². The summed E-state index contributed by atoms with van der Waals surface area (Å²) in [7, 11) is -3.61. The molecule has 64 heavy (non-hydrogen) atoms. The lowest BCUT2D eigenvalue weighted by Gasteiger charge is -2.09. The molecule has 0 bridgehead atoms. The number of phenols is 4. The number of ether oxygens (including phenoxy) is 1. The molecule has 18 heteroatoms. The minimum absolute atomic E-state index is 0.00273. The van der Waals surface area contributed by atoms with Crippen molar-refractivity contribution in [2.45, 2.75) is 28.2 Å². The number of rotatable bonds is 12. The summed E-state index contributed by atoms with van der Waals surface area (Å²) in [5.41, 5.74) is 2.06. The van der Waals surface area contributed by atoms with Gasteiger partial charge in [-0.2, -0.15) is 5.26 Å². The molecule has 0 aliphatic carbocycles. The standard InChI is InChI=1S/C19H15ClO4S.C14H8N2O4S.C13H13NO3S/c20-18-12-17(10-11-19(18)21)25(22)24-16-8-6-15(7-9-16)23-13-14-4-2-1-3-5-14;1-16-12-7-11(3-5-14(12)18)21(19)20-10-2-4-13(17)9(6-10)8-15;1-10-9-12(7-8-13(10)15)18(16,17)14-11-5-3-2-4-6-11/h1-12,21H,13H2;2-7,17-18H;2-9,14-15H,1H3. The van der Waals surface area contributed by atoms with Gasteiger partial charge in [0.15, 0.2) is 0 Å². The summed E-state index contributed by atoms with van der Waals surface area (Å²) in [6.45, 7) is 9.00. The van der Waals surface area contributed by atoms with Crippen LogP contribution in [0.2, 0.25) is 5.02 Å². The van der Waals surface area contributed by atoms with Crippen LogP contribution in [0, 0.1) is 24.8 Å². The summed E-state index contributed by atoms with van der Waals surface area (Å²) < 4.78 is 67.1. The highest BCUT2D eigenvalue weighted by Crippen LogP contribution is 2.31. The quantitative estimate of drug-likeness (QED) is 0.0724. The first-order valence-electron chi connectivity index (χ1n) is 18.4. The third-order valence-electron chi connectivity index (χ3n) is 8.38. The van der Waals surface area contributed by atoms with Crippen LogP contribution in [0.5, 0.6) is 40.2 Å². The number of nitrogens with one attached hydrogen (secondary N) is 1. The summed E-state index contributed by atoms with van der Waals surface area (Å²) >= 11 is 2.16. The number of aryl methyl sites for hydroxylation is 1. The van der Waals surface area contributed by atoms with Gasteiger partial charge in [-0.15, -0.1) is 0 Å². The second kappa shape index (κ2) is 22.5. The fraction of sp³-hybridized carbons (Fsp3) is 0.0435. The maximum atomic E-state index is 12.2. The molecule has 0 aliphatic rings. The molecule has 0 heterocycles. The molecule has 0 aromatic heterocycles. The van der Waals surface area contributed by atoms with Crippen LogP contribution in [0.15, 0.2) is 172 Å². The zero-order chi connectivity index (χ0) is 46.2. The average Bonchev–Trinajstić information content (AvgIpc) is 3.29. The molecule has 0 fully saturated rings. The average molecular weight is 938 g/mol. The zero-order valence-corrected chi connectivity index (χ0v) is 36.6. The van der Waals surface area contributed by atoms with Crippen molar-refractivity contribution in [3.63, 3.8) is 0 Å². The van der Waals surface area contributed by atoms with E-state index in [1.54, 1.807) is 61.5 Å². The molecular formula is C46H36ClN3O11S3. The predicted molar refractivity (Wildman–Crippen MR) is 242 cm³/mol. The highest BCUT2D eigenvalue weighted by molar-refractivity contribution is 7.92. The minimum Gasteiger partial charge on any atom is -0.519 e. The monoisotopic (exact) mass is 937 g/mol. The first-order valence-corrected chi connectivity index (χ1v) is 22.4. The SMILES string of the molecule is Cc1cc(S(=O)(=O)Nc2ccccc2)ccc1O.O=S(Oc1ccc(OCc2ccccc2)cc1)c1ccc(O)c(Cl)c1.[C-]#[N+]c1cc(S(=O)Oc2ccc(O)c(C#N)c2)ccc1O. The van der Waals surface area contributed by atoms with Crippen LogP contribution in [0.4, 0.5) is 11.4 Å². The predicted octanol–water partition coefficient (Wildman–Crippen LogP) is 9.85. The van der Waals surface area contributed by atoms with Crippen molar-refractivity contribution < 1.29 is 50.4 Å². The number of anilines is 1. The van der Waals surface area contributed by atoms with Crippen molar-refractivity contribution in [3.05, 3.63) is 191 Å². The van der Waals surface area contributed by atoms with Gasteiger partial charge < -0.3 is 33.5 Å². The third kappa shape index (κ3) is 13.7. The van der Waals surface area contributed by atoms with Gasteiger partial charge in [0.1, 0.15) is 52.9 Å². The summed E-state index contributed by atoms with van der Waals surface area (Å²) in [6.07, 6.45) is 0. The Morgan fingerprint density at radius 1 is 0.672 bits per heavy atom. The van der Waals surface area contributed by atoms with E-state index in [-0.39, 0.29) is 54.8 Å². The molecule has 0 saturated heterocycles. The highest BCUT2D eigenvalue weighted by Gasteiger charge is 2.16. The first-order chi connectivity index (χ1) is 30.6. The normalized spacial score (nSPS) is 11.4. The van der Waals surface area contributed by atoms with Crippen molar-refractivity contribution in [3.8, 4) is 46.3 Å². The van der Waals surface area contributed by atoms with Gasteiger partial charge in [0.05, 0.1) is 31.8 Å². The number of hydrogen-bond donors (Lipinski definition) is 5. The molecule has 7 rings (SSSR count). The fourth-order valence-electron chi connectivity index (χ4n) is 5.06. The van der Waals surface area contributed by atoms with Crippen LogP contribution in [0.1, 0.15) is 16.7 Å². The van der Waals surface area contributed by atoms with E-state index in [1.807, 2.05) is 36.4 Å². The number of nitriles is 1. The second-order valence-electron chi connectivity index (χ2n) is 13.0. The van der Waals surface area contributed by atoms with Crippen LogP contribution in [-0.2, 0) is 38.8 Å². The van der Waals surface area contributed by atoms with Crippen LogP contribution >= 0.6 is 11.6 Å². The van der Waals surface area contributed by atoms with Gasteiger partial charge in [-0.05, 0) is 121 Å². The highest BCUT2D eigenvalue weighted by atomic mass is 35.5. The molecule has 0 radical (unpaired) electrons. The molecule has 0 saturated carbocycles. The summed E-state index contributed by atoms with van der Waals surface area (Å²) in [5, 5.41) is 46.4. The zero-order valence-electron chi connectivity index (χ0n) is 33.4. The van der Waals surface area contributed by atoms with Crippen molar-refractivity contribution >= 4 is 55.2 Å². The summed E-state index contributed by atoms with van der Waals surface area (Å²) in [5.74, 6) is 0.873. The Morgan fingerprint density at radius 3 is 1.83 bits per heavy atom. The molecule has 14 nitrogen and oxygen atoms in total. The van der Waals surface area contributed by atoms with Gasteiger partial charge in [0.25, 0.3) is 10.0 Å². The Bertz CT molecular complexity index is 2970. The van der Waals surface area contributed by atoms with Gasteiger partial charge in [-0.3, -0.25) is 4.72 Å². The lowest BCUT2D eigenvalue weighted by atomic mass is 10.2. The topological polar surface area (TPSA) is 217 Å². The molecular weight excluding hydrogens is 902 g/mol. The van der Waals surface area contributed by atoms with E-state index in [1.165, 1.54) is 72.8 Å². The Balaban J connectivity index is 0.000000183. The van der Waals surface area contributed by atoms with Crippen LogP contribution in [0.25, 0.3) is 4.85 Å². The smallest absolute Gasteiger partial charge is 0.261 e. The fourth-order valence-corrected chi connectivity index (χ4v) is 7.99. The van der Waals surface area contributed by atoms with Gasteiger partial charge in [0.2, 0.25) is 27.8 Å². The van der Waals surface area contributed by atoms with Gasteiger partial charge >= 0.3 is 0 Å². The summed E-state index contributed by atoms with van der Waals surface area (Å²) in [4.78, 5) is 3.79. The van der Waals surface area contributed by atoms with Crippen molar-refractivity contribution in [2.24, 2.45) is 0 Å². The lowest BCUT2D eigenvalue weighted by molar-refractivity contribution is 0.306. The molecule has 7 aromatic rings. The van der Waals surface area contributed by atoms with Gasteiger partial charge in [-0.1, -0.05) is 60.1 Å².